The molecule has 0 spiro atoms. The number of benzene rings is 4. The van der Waals surface area contributed by atoms with Gasteiger partial charge in [-0.3, -0.25) is 0 Å². The zero-order valence-corrected chi connectivity index (χ0v) is 33.6. The molecule has 0 heterocycles. The van der Waals surface area contributed by atoms with Crippen LogP contribution in [0.1, 0.15) is 103 Å². The predicted octanol–water partition coefficient (Wildman–Crippen LogP) is 10.4. The van der Waals surface area contributed by atoms with Crippen molar-refractivity contribution in [3.8, 4) is 11.1 Å². The van der Waals surface area contributed by atoms with Crippen molar-refractivity contribution >= 4 is 14.0 Å². The SMILES string of the molecule is [CH2]=[Zr]([C]1=CC(C(C)(C)C)=CC1C)([c]1ccc(C)cc1)([c]1ccc(C)cc1)[c]1cc(C(C)(C)C)cc2c1Cc1ccc(C(C)(C)C)cc1-2. The first kappa shape index (κ1) is 34.0. The van der Waals surface area contributed by atoms with Crippen molar-refractivity contribution in [2.75, 3.05) is 0 Å². The van der Waals surface area contributed by atoms with Crippen LogP contribution in [0, 0.1) is 25.2 Å². The van der Waals surface area contributed by atoms with E-state index in [2.05, 4.69) is 174 Å². The third-order valence-corrected chi connectivity index (χ3v) is 28.0. The molecule has 0 aliphatic heterocycles. The van der Waals surface area contributed by atoms with Crippen LogP contribution in [0.25, 0.3) is 11.1 Å². The zero-order valence-electron chi connectivity index (χ0n) is 31.2. The number of hydrogen-bond donors (Lipinski definition) is 0. The Balaban J connectivity index is 1.84. The molecule has 1 heteroatoms. The van der Waals surface area contributed by atoms with Gasteiger partial charge >= 0.3 is 288 Å². The molecular formula is C46H56Zr. The van der Waals surface area contributed by atoms with Crippen molar-refractivity contribution in [3.63, 3.8) is 0 Å². The minimum atomic E-state index is -4.96. The van der Waals surface area contributed by atoms with Gasteiger partial charge in [0.05, 0.1) is 0 Å². The van der Waals surface area contributed by atoms with Crippen molar-refractivity contribution in [1.82, 2.24) is 0 Å². The van der Waals surface area contributed by atoms with Crippen LogP contribution >= 0.6 is 0 Å². The molecule has 4 aromatic carbocycles. The van der Waals surface area contributed by atoms with Gasteiger partial charge in [-0.2, -0.15) is 0 Å². The van der Waals surface area contributed by atoms with Gasteiger partial charge in [0.2, 0.25) is 0 Å². The van der Waals surface area contributed by atoms with E-state index in [1.54, 1.807) is 3.28 Å². The van der Waals surface area contributed by atoms with E-state index in [-0.39, 0.29) is 16.2 Å². The van der Waals surface area contributed by atoms with Crippen LogP contribution in [0.5, 0.6) is 0 Å². The van der Waals surface area contributed by atoms with E-state index < -0.39 is 18.3 Å². The molecule has 0 nitrogen and oxygen atoms in total. The molecule has 6 rings (SSSR count). The van der Waals surface area contributed by atoms with Gasteiger partial charge in [-0.25, -0.2) is 0 Å². The Labute approximate surface area is 286 Å². The van der Waals surface area contributed by atoms with Crippen molar-refractivity contribution in [2.24, 2.45) is 11.3 Å². The number of aryl methyl sites for hydroxylation is 2. The van der Waals surface area contributed by atoms with Crippen molar-refractivity contribution in [1.29, 1.82) is 0 Å². The zero-order chi connectivity index (χ0) is 34.3. The molecule has 0 saturated heterocycles. The van der Waals surface area contributed by atoms with Crippen molar-refractivity contribution < 1.29 is 18.3 Å². The standard InChI is InChI=1S/C21H25.C10H15.2C7H7.CH2.Zr/c1-20(2,3)16-9-7-14-11-15-8-10-17(21(4,5)6)13-19(15)18(14)12-16;1-8-5-6-9(7-8)10(2,3)4;2*1-7-5-3-2-4-6-7;;/h7,9-10,12-13H,11H2,1-6H3;6-8H,1-4H3;2*3-6H,1H3;1H2;. The fraction of sp³-hybridized carbons (Fsp3) is 0.370. The Hall–Kier alpha value is -2.89. The van der Waals surface area contributed by atoms with Crippen LogP contribution in [-0.4, -0.2) is 4.21 Å². The van der Waals surface area contributed by atoms with E-state index in [1.807, 2.05) is 0 Å². The average molecular weight is 700 g/mol. The number of hydrogen-bond acceptors (Lipinski definition) is 0. The molecule has 4 aromatic rings. The summed E-state index contributed by atoms with van der Waals surface area (Å²) in [4.78, 5) is 0. The van der Waals surface area contributed by atoms with Crippen LogP contribution in [-0.2, 0) is 35.5 Å². The second-order valence-electron chi connectivity index (χ2n) is 18.0. The number of allylic oxidation sites excluding steroid dienone is 4. The first-order chi connectivity index (χ1) is 21.7. The molecule has 1 unspecified atom stereocenters. The number of rotatable bonds is 4. The molecule has 0 radical (unpaired) electrons. The van der Waals surface area contributed by atoms with Crippen LogP contribution in [0.4, 0.5) is 0 Å². The fourth-order valence-electron chi connectivity index (χ4n) is 8.31. The van der Waals surface area contributed by atoms with Crippen LogP contribution < -0.4 is 9.81 Å². The maximum atomic E-state index is 5.85. The Kier molecular flexibility index (Phi) is 8.01. The molecule has 0 fully saturated rings. The van der Waals surface area contributed by atoms with Gasteiger partial charge in [0.25, 0.3) is 0 Å². The van der Waals surface area contributed by atoms with Gasteiger partial charge in [0, 0.05) is 0 Å². The second-order valence-corrected chi connectivity index (χ2v) is 30.8. The Morgan fingerprint density at radius 3 is 1.60 bits per heavy atom. The quantitative estimate of drug-likeness (QED) is 0.175. The van der Waals surface area contributed by atoms with E-state index in [1.165, 1.54) is 59.9 Å². The van der Waals surface area contributed by atoms with Crippen LogP contribution in [0.15, 0.2) is 99.9 Å². The second kappa shape index (κ2) is 11.1. The molecule has 2 aliphatic rings. The first-order valence-electron chi connectivity index (χ1n) is 17.7. The summed E-state index contributed by atoms with van der Waals surface area (Å²) in [5, 5.41) is 0. The third kappa shape index (κ3) is 5.41. The van der Waals surface area contributed by atoms with Gasteiger partial charge in [-0.05, 0) is 0 Å². The molecule has 0 amide bonds. The van der Waals surface area contributed by atoms with E-state index in [9.17, 15) is 0 Å². The normalized spacial score (nSPS) is 16.9. The Morgan fingerprint density at radius 2 is 1.13 bits per heavy atom. The Bertz CT molecular complexity index is 1950. The molecule has 0 bridgehead atoms. The van der Waals surface area contributed by atoms with Gasteiger partial charge in [0.1, 0.15) is 0 Å². The summed E-state index contributed by atoms with van der Waals surface area (Å²) in [6.07, 6.45) is 6.11. The van der Waals surface area contributed by atoms with E-state index >= 15 is 0 Å². The van der Waals surface area contributed by atoms with Crippen LogP contribution in [0.3, 0.4) is 0 Å². The molecule has 1 atom stereocenters. The monoisotopic (exact) mass is 698 g/mol. The summed E-state index contributed by atoms with van der Waals surface area (Å²) in [5.41, 5.74) is 12.7. The molecular weight excluding hydrogens is 644 g/mol. The molecule has 2 aliphatic carbocycles. The summed E-state index contributed by atoms with van der Waals surface area (Å²) in [7, 11) is 0. The third-order valence-electron chi connectivity index (χ3n) is 11.5. The number of fused-ring (bicyclic) bond motifs is 3. The minimum absolute atomic E-state index is 0.0207. The maximum absolute atomic E-state index is 5.85. The Morgan fingerprint density at radius 1 is 0.617 bits per heavy atom. The van der Waals surface area contributed by atoms with Gasteiger partial charge in [-0.15, -0.1) is 0 Å². The first-order valence-corrected chi connectivity index (χ1v) is 24.3. The van der Waals surface area contributed by atoms with Crippen molar-refractivity contribution in [2.45, 2.75) is 100 Å². The molecule has 47 heavy (non-hydrogen) atoms. The molecule has 244 valence electrons. The molecule has 0 saturated carbocycles. The summed E-state index contributed by atoms with van der Waals surface area (Å²) < 4.78 is 11.8. The van der Waals surface area contributed by atoms with E-state index in [0.717, 1.165) is 6.42 Å². The van der Waals surface area contributed by atoms with Gasteiger partial charge in [-0.1, -0.05) is 0 Å². The summed E-state index contributed by atoms with van der Waals surface area (Å²) in [5.74, 6) is 0.292. The molecule has 0 aromatic heterocycles. The van der Waals surface area contributed by atoms with Crippen molar-refractivity contribution in [3.05, 3.63) is 133 Å². The van der Waals surface area contributed by atoms with Crippen LogP contribution in [0.2, 0.25) is 0 Å². The fourth-order valence-corrected chi connectivity index (χ4v) is 24.7. The predicted molar refractivity (Wildman–Crippen MR) is 205 cm³/mol. The summed E-state index contributed by atoms with van der Waals surface area (Å²) >= 11 is -4.96. The van der Waals surface area contributed by atoms with E-state index in [4.69, 9.17) is 4.21 Å². The summed E-state index contributed by atoms with van der Waals surface area (Å²) in [6.45, 7) is 28.0. The van der Waals surface area contributed by atoms with Gasteiger partial charge < -0.3 is 0 Å². The summed E-state index contributed by atoms with van der Waals surface area (Å²) in [6, 6.07) is 31.6. The van der Waals surface area contributed by atoms with E-state index in [0.29, 0.717) is 5.92 Å². The molecule has 0 N–H and O–H groups in total. The topological polar surface area (TPSA) is 0 Å². The average Bonchev–Trinajstić information content (AvgIpc) is 3.57. The van der Waals surface area contributed by atoms with Gasteiger partial charge in [0.15, 0.2) is 0 Å².